The summed E-state index contributed by atoms with van der Waals surface area (Å²) in [6.07, 6.45) is -4.44. The predicted octanol–water partition coefficient (Wildman–Crippen LogP) is 4.90. The number of hydrogen-bond acceptors (Lipinski definition) is 6. The number of ether oxygens (including phenoxy) is 3. The second-order valence-electron chi connectivity index (χ2n) is 5.12. The van der Waals surface area contributed by atoms with Crippen molar-refractivity contribution in [2.75, 3.05) is 14.2 Å². The van der Waals surface area contributed by atoms with Gasteiger partial charge in [0.05, 0.1) is 35.6 Å². The van der Waals surface area contributed by atoms with Gasteiger partial charge in [0, 0.05) is 0 Å². The number of methoxy groups -OCH3 is 2. The zero-order valence-corrected chi connectivity index (χ0v) is 14.4. The lowest BCUT2D eigenvalue weighted by atomic mass is 10.2. The average molecular weight is 383 g/mol. The molecule has 0 saturated heterocycles. The van der Waals surface area contributed by atoms with Crippen molar-refractivity contribution in [3.8, 4) is 16.7 Å². The molecule has 3 rings (SSSR count). The lowest BCUT2D eigenvalue weighted by Gasteiger charge is -2.09. The summed E-state index contributed by atoms with van der Waals surface area (Å²) < 4.78 is 54.4. The molecule has 26 heavy (non-hydrogen) atoms. The van der Waals surface area contributed by atoms with Crippen LogP contribution in [0.2, 0.25) is 0 Å². The molecule has 1 heterocycles. The van der Waals surface area contributed by atoms with E-state index in [2.05, 4.69) is 9.72 Å². The van der Waals surface area contributed by atoms with E-state index in [4.69, 9.17) is 9.47 Å². The first kappa shape index (κ1) is 18.0. The molecule has 0 aliphatic rings. The fourth-order valence-corrected chi connectivity index (χ4v) is 3.03. The van der Waals surface area contributed by atoms with Gasteiger partial charge in [0.25, 0.3) is 5.19 Å². The zero-order chi connectivity index (χ0) is 18.9. The smallest absolute Gasteiger partial charge is 0.416 e. The van der Waals surface area contributed by atoms with E-state index in [0.29, 0.717) is 4.70 Å². The molecule has 0 N–H and O–H groups in total. The summed E-state index contributed by atoms with van der Waals surface area (Å²) in [6, 6.07) is 7.74. The van der Waals surface area contributed by atoms with Crippen molar-refractivity contribution >= 4 is 27.5 Å². The Labute approximate surface area is 149 Å². The minimum Gasteiger partial charge on any atom is -0.493 e. The van der Waals surface area contributed by atoms with Gasteiger partial charge in [0.15, 0.2) is 11.5 Å². The zero-order valence-electron chi connectivity index (χ0n) is 13.6. The fraction of sp³-hybridized carbons (Fsp3) is 0.176. The molecule has 0 radical (unpaired) electrons. The van der Waals surface area contributed by atoms with E-state index in [1.165, 1.54) is 38.5 Å². The largest absolute Gasteiger partial charge is 0.493 e. The lowest BCUT2D eigenvalue weighted by Crippen LogP contribution is -2.03. The monoisotopic (exact) mass is 383 g/mol. The molecule has 2 aromatic carbocycles. The van der Waals surface area contributed by atoms with Crippen molar-refractivity contribution in [2.24, 2.45) is 0 Å². The number of esters is 1. The van der Waals surface area contributed by atoms with E-state index in [0.717, 1.165) is 23.5 Å². The van der Waals surface area contributed by atoms with E-state index in [1.54, 1.807) is 0 Å². The topological polar surface area (TPSA) is 57.7 Å². The van der Waals surface area contributed by atoms with Crippen molar-refractivity contribution in [1.82, 2.24) is 4.98 Å². The van der Waals surface area contributed by atoms with Crippen LogP contribution in [0.15, 0.2) is 36.4 Å². The van der Waals surface area contributed by atoms with Gasteiger partial charge < -0.3 is 14.2 Å². The van der Waals surface area contributed by atoms with Crippen LogP contribution in [-0.4, -0.2) is 25.2 Å². The van der Waals surface area contributed by atoms with Crippen LogP contribution in [0, 0.1) is 0 Å². The standard InChI is InChI=1S/C17H12F3NO4S/c1-23-13-7-9(15(22)24-2)3-5-12(13)25-16-21-11-8-10(17(18,19)20)4-6-14(11)26-16/h3-8H,1-2H3. The second-order valence-corrected chi connectivity index (χ2v) is 6.11. The predicted molar refractivity (Wildman–Crippen MR) is 89.0 cm³/mol. The Balaban J connectivity index is 1.92. The molecule has 0 aliphatic heterocycles. The molecule has 0 amide bonds. The number of benzene rings is 2. The molecular weight excluding hydrogens is 371 g/mol. The highest BCUT2D eigenvalue weighted by molar-refractivity contribution is 7.20. The molecule has 0 fully saturated rings. The summed E-state index contributed by atoms with van der Waals surface area (Å²) in [6.45, 7) is 0. The highest BCUT2D eigenvalue weighted by Crippen LogP contribution is 2.38. The Morgan fingerprint density at radius 1 is 1.08 bits per heavy atom. The fourth-order valence-electron chi connectivity index (χ4n) is 2.22. The van der Waals surface area contributed by atoms with E-state index < -0.39 is 17.7 Å². The van der Waals surface area contributed by atoms with Gasteiger partial charge in [-0.25, -0.2) is 9.78 Å². The summed E-state index contributed by atoms with van der Waals surface area (Å²) in [5.41, 5.74) is -0.317. The molecule has 0 unspecified atom stereocenters. The van der Waals surface area contributed by atoms with Crippen molar-refractivity contribution in [1.29, 1.82) is 0 Å². The normalized spacial score (nSPS) is 11.4. The maximum Gasteiger partial charge on any atom is 0.416 e. The number of carbonyl (C=O) groups is 1. The molecule has 0 aliphatic carbocycles. The lowest BCUT2D eigenvalue weighted by molar-refractivity contribution is -0.137. The van der Waals surface area contributed by atoms with E-state index in [9.17, 15) is 18.0 Å². The number of halogens is 3. The van der Waals surface area contributed by atoms with Crippen LogP contribution in [0.25, 0.3) is 10.2 Å². The van der Waals surface area contributed by atoms with Crippen molar-refractivity contribution in [3.63, 3.8) is 0 Å². The molecule has 5 nitrogen and oxygen atoms in total. The van der Waals surface area contributed by atoms with Gasteiger partial charge in [-0.3, -0.25) is 0 Å². The van der Waals surface area contributed by atoms with Crippen LogP contribution in [-0.2, 0) is 10.9 Å². The highest BCUT2D eigenvalue weighted by Gasteiger charge is 2.30. The van der Waals surface area contributed by atoms with Crippen molar-refractivity contribution < 1.29 is 32.2 Å². The Morgan fingerprint density at radius 3 is 2.50 bits per heavy atom. The Kier molecular flexibility index (Phi) is 4.73. The van der Waals surface area contributed by atoms with Crippen LogP contribution in [0.5, 0.6) is 16.7 Å². The number of thiazole rings is 1. The van der Waals surface area contributed by atoms with Crippen LogP contribution >= 0.6 is 11.3 Å². The maximum atomic E-state index is 12.8. The number of aromatic nitrogens is 1. The molecule has 0 atom stereocenters. The number of nitrogens with zero attached hydrogens (tertiary/aromatic N) is 1. The van der Waals surface area contributed by atoms with Crippen LogP contribution in [0.4, 0.5) is 13.2 Å². The van der Waals surface area contributed by atoms with Gasteiger partial charge >= 0.3 is 12.1 Å². The summed E-state index contributed by atoms with van der Waals surface area (Å²) >= 11 is 1.10. The Morgan fingerprint density at radius 2 is 1.85 bits per heavy atom. The molecule has 3 aromatic rings. The van der Waals surface area contributed by atoms with Gasteiger partial charge in [-0.1, -0.05) is 11.3 Å². The van der Waals surface area contributed by atoms with E-state index in [1.807, 2.05) is 0 Å². The minimum absolute atomic E-state index is 0.156. The Hall–Kier alpha value is -2.81. The molecule has 0 spiro atoms. The van der Waals surface area contributed by atoms with Gasteiger partial charge in [-0.2, -0.15) is 13.2 Å². The SMILES string of the molecule is COC(=O)c1ccc(Oc2nc3cc(C(F)(F)F)ccc3s2)c(OC)c1. The van der Waals surface area contributed by atoms with Gasteiger partial charge in [-0.05, 0) is 36.4 Å². The average Bonchev–Trinajstić information content (AvgIpc) is 3.02. The molecule has 0 bridgehead atoms. The first-order valence-electron chi connectivity index (χ1n) is 7.24. The molecular formula is C17H12F3NO4S. The molecule has 0 saturated carbocycles. The van der Waals surface area contributed by atoms with Crippen LogP contribution in [0.1, 0.15) is 15.9 Å². The maximum absolute atomic E-state index is 12.8. The summed E-state index contributed by atoms with van der Waals surface area (Å²) in [7, 11) is 2.66. The number of rotatable bonds is 4. The molecule has 9 heteroatoms. The summed E-state index contributed by atoms with van der Waals surface area (Å²) in [4.78, 5) is 15.6. The summed E-state index contributed by atoms with van der Waals surface area (Å²) in [5.74, 6) is 0.00732. The molecule has 136 valence electrons. The summed E-state index contributed by atoms with van der Waals surface area (Å²) in [5, 5.41) is 0.156. The third-order valence-corrected chi connectivity index (χ3v) is 4.39. The quantitative estimate of drug-likeness (QED) is 0.600. The number of fused-ring (bicyclic) bond motifs is 1. The third-order valence-electron chi connectivity index (χ3n) is 3.48. The highest BCUT2D eigenvalue weighted by atomic mass is 32.1. The van der Waals surface area contributed by atoms with Gasteiger partial charge in [-0.15, -0.1) is 0 Å². The van der Waals surface area contributed by atoms with Crippen molar-refractivity contribution in [3.05, 3.63) is 47.5 Å². The molecule has 1 aromatic heterocycles. The van der Waals surface area contributed by atoms with E-state index >= 15 is 0 Å². The number of hydrogen-bond donors (Lipinski definition) is 0. The van der Waals surface area contributed by atoms with Gasteiger partial charge in [0.1, 0.15) is 0 Å². The van der Waals surface area contributed by atoms with Crippen LogP contribution in [0.3, 0.4) is 0 Å². The van der Waals surface area contributed by atoms with Crippen LogP contribution < -0.4 is 9.47 Å². The second kappa shape index (κ2) is 6.83. The van der Waals surface area contributed by atoms with E-state index in [-0.39, 0.29) is 27.8 Å². The minimum atomic E-state index is -4.44. The van der Waals surface area contributed by atoms with Crippen molar-refractivity contribution in [2.45, 2.75) is 6.18 Å². The third kappa shape index (κ3) is 3.57. The number of alkyl halides is 3. The Bertz CT molecular complexity index is 968. The van der Waals surface area contributed by atoms with Gasteiger partial charge in [0.2, 0.25) is 0 Å². The number of carbonyl (C=O) groups excluding carboxylic acids is 1. The first-order valence-corrected chi connectivity index (χ1v) is 8.05. The first-order chi connectivity index (χ1) is 12.3.